The molecule has 0 aliphatic carbocycles. The Morgan fingerprint density at radius 3 is 2.00 bits per heavy atom. The zero-order chi connectivity index (χ0) is 26.0. The lowest BCUT2D eigenvalue weighted by molar-refractivity contribution is -0.141. The van der Waals surface area contributed by atoms with Gasteiger partial charge in [0.25, 0.3) is 11.8 Å². The van der Waals surface area contributed by atoms with E-state index in [0.717, 1.165) is 28.8 Å². The number of likely N-dealkylation sites (N-methyl/N-ethyl adjacent to an activating group) is 1. The van der Waals surface area contributed by atoms with E-state index < -0.39 is 29.9 Å². The molecule has 36 heavy (non-hydrogen) atoms. The highest BCUT2D eigenvalue weighted by atomic mass is 16.4. The van der Waals surface area contributed by atoms with Crippen LogP contribution < -0.4 is 5.32 Å². The van der Waals surface area contributed by atoms with Crippen molar-refractivity contribution in [1.82, 2.24) is 20.0 Å². The van der Waals surface area contributed by atoms with Gasteiger partial charge >= 0.3 is 5.97 Å². The SMILES string of the molecule is CC(C)C[C@H](N[C@H](CCN1C(=O)c2cc3ccccc3cc2C1=O)C(=O)O)C(=O)N1CCN(C)CC1. The summed E-state index contributed by atoms with van der Waals surface area (Å²) < 4.78 is 0. The van der Waals surface area contributed by atoms with E-state index in [0.29, 0.717) is 30.6 Å². The first-order valence-electron chi connectivity index (χ1n) is 12.5. The maximum Gasteiger partial charge on any atom is 0.320 e. The Morgan fingerprint density at radius 1 is 0.944 bits per heavy atom. The number of carbonyl (C=O) groups is 4. The molecule has 0 aromatic heterocycles. The van der Waals surface area contributed by atoms with Crippen LogP contribution >= 0.6 is 0 Å². The largest absolute Gasteiger partial charge is 0.480 e. The molecule has 2 aromatic carbocycles. The Balaban J connectivity index is 1.46. The number of carboxylic acids is 1. The van der Waals surface area contributed by atoms with E-state index in [-0.39, 0.29) is 24.8 Å². The Morgan fingerprint density at radius 2 is 1.50 bits per heavy atom. The smallest absolute Gasteiger partial charge is 0.320 e. The third kappa shape index (κ3) is 5.42. The number of nitrogens with zero attached hydrogens (tertiary/aromatic N) is 3. The molecule has 2 atom stereocenters. The molecule has 0 saturated carbocycles. The van der Waals surface area contributed by atoms with Gasteiger partial charge in [0, 0.05) is 32.7 Å². The van der Waals surface area contributed by atoms with Crippen LogP contribution in [-0.4, -0.2) is 95.4 Å². The van der Waals surface area contributed by atoms with Gasteiger partial charge in [-0.1, -0.05) is 38.1 Å². The molecule has 2 aliphatic rings. The van der Waals surface area contributed by atoms with Crippen LogP contribution in [-0.2, 0) is 9.59 Å². The van der Waals surface area contributed by atoms with Crippen molar-refractivity contribution in [2.75, 3.05) is 39.8 Å². The number of hydrogen-bond donors (Lipinski definition) is 2. The molecule has 0 bridgehead atoms. The Kier molecular flexibility index (Phi) is 7.70. The number of nitrogens with one attached hydrogen (secondary N) is 1. The molecule has 3 amide bonds. The van der Waals surface area contributed by atoms with Crippen molar-refractivity contribution in [2.24, 2.45) is 5.92 Å². The van der Waals surface area contributed by atoms with Crippen LogP contribution in [0, 0.1) is 5.92 Å². The first-order valence-corrected chi connectivity index (χ1v) is 12.5. The Bertz CT molecular complexity index is 1120. The third-order valence-corrected chi connectivity index (χ3v) is 7.00. The zero-order valence-corrected chi connectivity index (χ0v) is 21.1. The highest BCUT2D eigenvalue weighted by Gasteiger charge is 2.37. The molecular formula is C27H34N4O5. The van der Waals surface area contributed by atoms with Crippen LogP contribution in [0.25, 0.3) is 10.8 Å². The second kappa shape index (κ2) is 10.8. The van der Waals surface area contributed by atoms with Crippen molar-refractivity contribution < 1.29 is 24.3 Å². The second-order valence-corrected chi connectivity index (χ2v) is 10.2. The van der Waals surface area contributed by atoms with Gasteiger partial charge in [-0.15, -0.1) is 0 Å². The van der Waals surface area contributed by atoms with E-state index >= 15 is 0 Å². The summed E-state index contributed by atoms with van der Waals surface area (Å²) in [6.07, 6.45) is 0.499. The molecule has 0 radical (unpaired) electrons. The number of rotatable bonds is 9. The first kappa shape index (κ1) is 25.8. The molecule has 2 aromatic rings. The highest BCUT2D eigenvalue weighted by molar-refractivity contribution is 6.23. The van der Waals surface area contributed by atoms with Crippen molar-refractivity contribution in [3.8, 4) is 0 Å². The molecule has 192 valence electrons. The average Bonchev–Trinajstić information content (AvgIpc) is 3.08. The predicted molar refractivity (Wildman–Crippen MR) is 136 cm³/mol. The quantitative estimate of drug-likeness (QED) is 0.514. The summed E-state index contributed by atoms with van der Waals surface area (Å²) >= 11 is 0. The minimum atomic E-state index is -1.11. The van der Waals surface area contributed by atoms with Crippen LogP contribution in [0.15, 0.2) is 36.4 Å². The summed E-state index contributed by atoms with van der Waals surface area (Å²) in [5.74, 6) is -1.87. The van der Waals surface area contributed by atoms with E-state index in [4.69, 9.17) is 0 Å². The van der Waals surface area contributed by atoms with E-state index in [1.165, 1.54) is 0 Å². The number of amides is 3. The molecule has 2 N–H and O–H groups in total. The summed E-state index contributed by atoms with van der Waals surface area (Å²) in [5.41, 5.74) is 0.669. The van der Waals surface area contributed by atoms with E-state index in [9.17, 15) is 24.3 Å². The minimum absolute atomic E-state index is 0.00490. The van der Waals surface area contributed by atoms with Crippen LogP contribution in [0.3, 0.4) is 0 Å². The number of fused-ring (bicyclic) bond motifs is 2. The standard InChI is InChI=1S/C27H34N4O5/c1-17(2)14-23(26(34)30-12-10-29(3)11-13-30)28-22(27(35)36)8-9-31-24(32)20-15-18-6-4-5-7-19(18)16-21(20)25(31)33/h4-7,15-17,22-23,28H,8-14H2,1-3H3,(H,35,36)/t22-,23+/m1/s1. The molecule has 0 spiro atoms. The molecule has 9 nitrogen and oxygen atoms in total. The van der Waals surface area contributed by atoms with Crippen molar-refractivity contribution in [3.05, 3.63) is 47.5 Å². The number of imide groups is 1. The summed E-state index contributed by atoms with van der Waals surface area (Å²) in [4.78, 5) is 56.5. The number of piperazine rings is 1. The van der Waals surface area contributed by atoms with Gasteiger partial charge in [0.1, 0.15) is 6.04 Å². The van der Waals surface area contributed by atoms with Gasteiger partial charge in [-0.25, -0.2) is 0 Å². The molecular weight excluding hydrogens is 460 g/mol. The van der Waals surface area contributed by atoms with Gasteiger partial charge in [-0.2, -0.15) is 0 Å². The number of aliphatic carboxylic acids is 1. The molecule has 0 unspecified atom stereocenters. The van der Waals surface area contributed by atoms with Gasteiger partial charge in [-0.3, -0.25) is 29.4 Å². The van der Waals surface area contributed by atoms with E-state index in [1.54, 1.807) is 17.0 Å². The number of carboxylic acid groups (broad SMARTS) is 1. The number of hydrogen-bond acceptors (Lipinski definition) is 6. The lowest BCUT2D eigenvalue weighted by Gasteiger charge is -2.36. The Hall–Kier alpha value is -3.30. The normalized spacial score (nSPS) is 18.1. The van der Waals surface area contributed by atoms with Crippen LogP contribution in [0.4, 0.5) is 0 Å². The second-order valence-electron chi connectivity index (χ2n) is 10.2. The van der Waals surface area contributed by atoms with Crippen LogP contribution in [0.2, 0.25) is 0 Å². The third-order valence-electron chi connectivity index (χ3n) is 7.00. The molecule has 1 fully saturated rings. The predicted octanol–water partition coefficient (Wildman–Crippen LogP) is 2.06. The van der Waals surface area contributed by atoms with Crippen LogP contribution in [0.5, 0.6) is 0 Å². The average molecular weight is 495 g/mol. The van der Waals surface area contributed by atoms with Crippen molar-refractivity contribution in [2.45, 2.75) is 38.8 Å². The summed E-state index contributed by atoms with van der Waals surface area (Å²) in [5, 5.41) is 14.7. The fourth-order valence-corrected chi connectivity index (χ4v) is 4.92. The summed E-state index contributed by atoms with van der Waals surface area (Å²) in [7, 11) is 2.01. The van der Waals surface area contributed by atoms with E-state index in [1.807, 2.05) is 45.2 Å². The molecule has 2 aliphatic heterocycles. The zero-order valence-electron chi connectivity index (χ0n) is 21.1. The fraction of sp³-hybridized carbons (Fsp3) is 0.481. The van der Waals surface area contributed by atoms with Gasteiger partial charge < -0.3 is 14.9 Å². The Labute approximate surface area is 211 Å². The maximum atomic E-state index is 13.3. The molecule has 2 heterocycles. The summed E-state index contributed by atoms with van der Waals surface area (Å²) in [6, 6.07) is 9.20. The van der Waals surface area contributed by atoms with E-state index in [2.05, 4.69) is 10.2 Å². The van der Waals surface area contributed by atoms with Crippen LogP contribution in [0.1, 0.15) is 47.4 Å². The van der Waals surface area contributed by atoms with Crippen molar-refractivity contribution in [3.63, 3.8) is 0 Å². The molecule has 1 saturated heterocycles. The van der Waals surface area contributed by atoms with Gasteiger partial charge in [0.2, 0.25) is 5.91 Å². The minimum Gasteiger partial charge on any atom is -0.480 e. The lowest BCUT2D eigenvalue weighted by atomic mass is 10.0. The molecule has 9 heteroatoms. The molecule has 4 rings (SSSR count). The van der Waals surface area contributed by atoms with Crippen molar-refractivity contribution in [1.29, 1.82) is 0 Å². The monoisotopic (exact) mass is 494 g/mol. The topological polar surface area (TPSA) is 110 Å². The highest BCUT2D eigenvalue weighted by Crippen LogP contribution is 2.28. The summed E-state index contributed by atoms with van der Waals surface area (Å²) in [6.45, 7) is 6.69. The lowest BCUT2D eigenvalue weighted by Crippen LogP contribution is -2.56. The van der Waals surface area contributed by atoms with Crippen molar-refractivity contribution >= 4 is 34.5 Å². The van der Waals surface area contributed by atoms with Gasteiger partial charge in [0.05, 0.1) is 17.2 Å². The van der Waals surface area contributed by atoms with Gasteiger partial charge in [0.15, 0.2) is 0 Å². The fourth-order valence-electron chi connectivity index (χ4n) is 4.92. The first-order chi connectivity index (χ1) is 17.2. The number of benzene rings is 2. The number of carbonyl (C=O) groups excluding carboxylic acids is 3. The maximum absolute atomic E-state index is 13.3. The van der Waals surface area contributed by atoms with Gasteiger partial charge in [-0.05, 0) is 48.7 Å².